The Morgan fingerprint density at radius 2 is 1.96 bits per heavy atom. The van der Waals surface area contributed by atoms with Crippen LogP contribution in [0.4, 0.5) is 0 Å². The van der Waals surface area contributed by atoms with Crippen LogP contribution >= 0.6 is 0 Å². The van der Waals surface area contributed by atoms with Crippen molar-refractivity contribution in [2.75, 3.05) is 6.61 Å². The second-order valence-electron chi connectivity index (χ2n) is 5.32. The highest BCUT2D eigenvalue weighted by Gasteiger charge is 2.14. The third-order valence-corrected chi connectivity index (χ3v) is 3.73. The van der Waals surface area contributed by atoms with E-state index in [0.29, 0.717) is 17.1 Å². The van der Waals surface area contributed by atoms with Crippen LogP contribution in [-0.2, 0) is 0 Å². The Hall–Kier alpha value is -3.34. The van der Waals surface area contributed by atoms with Gasteiger partial charge in [0.25, 0.3) is 0 Å². The lowest BCUT2D eigenvalue weighted by molar-refractivity contribution is 0.0896. The molecule has 24 heavy (non-hydrogen) atoms. The Balaban J connectivity index is 1.54. The summed E-state index contributed by atoms with van der Waals surface area (Å²) < 4.78 is 11.3. The number of hydrogen-bond acceptors (Lipinski definition) is 4. The Bertz CT molecular complexity index is 954. The molecular weight excluding hydrogens is 304 g/mol. The van der Waals surface area contributed by atoms with E-state index in [1.807, 2.05) is 48.5 Å². The first-order valence-corrected chi connectivity index (χ1v) is 7.53. The number of imidazole rings is 1. The van der Waals surface area contributed by atoms with Crippen LogP contribution in [-0.4, -0.2) is 22.4 Å². The number of hydrogen-bond donors (Lipinski definition) is 1. The molecule has 0 aliphatic rings. The second kappa shape index (κ2) is 6.04. The van der Waals surface area contributed by atoms with Crippen LogP contribution < -0.4 is 4.74 Å². The maximum absolute atomic E-state index is 12.3. The van der Waals surface area contributed by atoms with Crippen LogP contribution in [0.15, 0.2) is 71.5 Å². The van der Waals surface area contributed by atoms with Crippen molar-refractivity contribution in [3.05, 3.63) is 72.9 Å². The van der Waals surface area contributed by atoms with Gasteiger partial charge in [0.05, 0.1) is 18.2 Å². The normalized spacial score (nSPS) is 10.8. The fourth-order valence-electron chi connectivity index (χ4n) is 2.55. The molecule has 0 radical (unpaired) electrons. The average Bonchev–Trinajstić information content (AvgIpc) is 3.29. The average molecular weight is 318 g/mol. The number of para-hydroxylation sites is 2. The number of aromatic amines is 1. The number of fused-ring (bicyclic) bond motifs is 1. The molecule has 4 aromatic rings. The standard InChI is InChI=1S/C19H14N2O3/c22-16(19-9-13-5-1-3-7-17(13)24-19)11-23-18-8-4-2-6-14(18)15-10-20-12-21-15/h1-10,12H,11H2,(H,20,21). The molecule has 0 saturated carbocycles. The van der Waals surface area contributed by atoms with Gasteiger partial charge in [-0.1, -0.05) is 30.3 Å². The van der Waals surface area contributed by atoms with Crippen LogP contribution in [0, 0.1) is 0 Å². The molecule has 2 heterocycles. The number of aromatic nitrogens is 2. The van der Waals surface area contributed by atoms with E-state index in [1.165, 1.54) is 0 Å². The molecule has 2 aromatic carbocycles. The van der Waals surface area contributed by atoms with E-state index in [4.69, 9.17) is 9.15 Å². The quantitative estimate of drug-likeness (QED) is 0.563. The fourth-order valence-corrected chi connectivity index (χ4v) is 2.55. The fraction of sp³-hybridized carbons (Fsp3) is 0.0526. The van der Waals surface area contributed by atoms with Crippen LogP contribution in [0.3, 0.4) is 0 Å². The molecular formula is C19H14N2O3. The molecule has 0 unspecified atom stereocenters. The monoisotopic (exact) mass is 318 g/mol. The molecule has 2 aromatic heterocycles. The third-order valence-electron chi connectivity index (χ3n) is 3.73. The van der Waals surface area contributed by atoms with Crippen molar-refractivity contribution < 1.29 is 13.9 Å². The predicted octanol–water partition coefficient (Wildman–Crippen LogP) is 4.08. The van der Waals surface area contributed by atoms with Gasteiger partial charge in [-0.05, 0) is 24.3 Å². The van der Waals surface area contributed by atoms with Gasteiger partial charge in [0.1, 0.15) is 11.3 Å². The second-order valence-corrected chi connectivity index (χ2v) is 5.32. The minimum Gasteiger partial charge on any atom is -0.485 e. The predicted molar refractivity (Wildman–Crippen MR) is 90.1 cm³/mol. The molecule has 5 nitrogen and oxygen atoms in total. The van der Waals surface area contributed by atoms with Gasteiger partial charge in [0.2, 0.25) is 5.78 Å². The summed E-state index contributed by atoms with van der Waals surface area (Å²) in [5.74, 6) is 0.715. The number of carbonyl (C=O) groups excluding carboxylic acids is 1. The van der Waals surface area contributed by atoms with Crippen LogP contribution in [0.2, 0.25) is 0 Å². The molecule has 0 bridgehead atoms. The molecule has 0 spiro atoms. The Morgan fingerprint density at radius 3 is 2.79 bits per heavy atom. The molecule has 0 saturated heterocycles. The summed E-state index contributed by atoms with van der Waals surface area (Å²) in [5, 5.41) is 0.902. The van der Waals surface area contributed by atoms with Gasteiger partial charge in [-0.3, -0.25) is 4.79 Å². The van der Waals surface area contributed by atoms with Gasteiger partial charge in [-0.25, -0.2) is 4.98 Å². The molecule has 4 rings (SSSR count). The number of rotatable bonds is 5. The van der Waals surface area contributed by atoms with Gasteiger partial charge in [0, 0.05) is 10.9 Å². The Kier molecular flexibility index (Phi) is 3.59. The van der Waals surface area contributed by atoms with Crippen molar-refractivity contribution >= 4 is 16.8 Å². The number of nitrogens with zero attached hydrogens (tertiary/aromatic N) is 1. The Morgan fingerprint density at radius 1 is 1.12 bits per heavy atom. The lowest BCUT2D eigenvalue weighted by atomic mass is 10.1. The first-order valence-electron chi connectivity index (χ1n) is 7.53. The SMILES string of the molecule is O=C(COc1ccccc1-c1cnc[nH]1)c1cc2ccccc2o1. The van der Waals surface area contributed by atoms with Crippen LogP contribution in [0.5, 0.6) is 5.75 Å². The lowest BCUT2D eigenvalue weighted by Crippen LogP contribution is -2.11. The van der Waals surface area contributed by atoms with Gasteiger partial charge >= 0.3 is 0 Å². The minimum absolute atomic E-state index is 0.0923. The smallest absolute Gasteiger partial charge is 0.235 e. The summed E-state index contributed by atoms with van der Waals surface area (Å²) in [5.41, 5.74) is 2.38. The molecule has 0 amide bonds. The zero-order valence-corrected chi connectivity index (χ0v) is 12.7. The molecule has 0 aliphatic carbocycles. The summed E-state index contributed by atoms with van der Waals surface area (Å²) in [6.45, 7) is -0.0923. The highest BCUT2D eigenvalue weighted by Crippen LogP contribution is 2.28. The number of furan rings is 1. The van der Waals surface area contributed by atoms with E-state index in [0.717, 1.165) is 16.6 Å². The topological polar surface area (TPSA) is 68.1 Å². The first-order chi connectivity index (χ1) is 11.8. The number of nitrogens with one attached hydrogen (secondary N) is 1. The summed E-state index contributed by atoms with van der Waals surface area (Å²) in [4.78, 5) is 19.4. The van der Waals surface area contributed by atoms with E-state index in [9.17, 15) is 4.79 Å². The molecule has 0 atom stereocenters. The maximum atomic E-state index is 12.3. The van der Waals surface area contributed by atoms with E-state index in [2.05, 4.69) is 9.97 Å². The summed E-state index contributed by atoms with van der Waals surface area (Å²) in [7, 11) is 0. The number of ketones is 1. The number of benzene rings is 2. The van der Waals surface area contributed by atoms with Crippen molar-refractivity contribution in [2.24, 2.45) is 0 Å². The van der Waals surface area contributed by atoms with E-state index in [-0.39, 0.29) is 12.4 Å². The Labute approximate surface area is 137 Å². The van der Waals surface area contributed by atoms with E-state index >= 15 is 0 Å². The van der Waals surface area contributed by atoms with Gasteiger partial charge < -0.3 is 14.1 Å². The van der Waals surface area contributed by atoms with Crippen LogP contribution in [0.1, 0.15) is 10.6 Å². The maximum Gasteiger partial charge on any atom is 0.235 e. The lowest BCUT2D eigenvalue weighted by Gasteiger charge is -2.09. The van der Waals surface area contributed by atoms with Crippen molar-refractivity contribution in [1.29, 1.82) is 0 Å². The van der Waals surface area contributed by atoms with Gasteiger partial charge in [-0.2, -0.15) is 0 Å². The highest BCUT2D eigenvalue weighted by molar-refractivity contribution is 5.98. The first kappa shape index (κ1) is 14.3. The minimum atomic E-state index is -0.203. The molecule has 5 heteroatoms. The molecule has 0 fully saturated rings. The molecule has 118 valence electrons. The zero-order chi connectivity index (χ0) is 16.4. The number of ether oxygens (including phenoxy) is 1. The third kappa shape index (κ3) is 2.67. The van der Waals surface area contributed by atoms with Gasteiger partial charge in [0.15, 0.2) is 12.4 Å². The van der Waals surface area contributed by atoms with E-state index in [1.54, 1.807) is 18.6 Å². The molecule has 1 N–H and O–H groups in total. The highest BCUT2D eigenvalue weighted by atomic mass is 16.5. The summed E-state index contributed by atoms with van der Waals surface area (Å²) in [6, 6.07) is 16.8. The van der Waals surface area contributed by atoms with Crippen molar-refractivity contribution in [3.63, 3.8) is 0 Å². The number of Topliss-reactive ketones (excluding diaryl/α,β-unsaturated/α-hetero) is 1. The molecule has 0 aliphatic heterocycles. The van der Waals surface area contributed by atoms with Crippen molar-refractivity contribution in [3.8, 4) is 17.0 Å². The zero-order valence-electron chi connectivity index (χ0n) is 12.7. The van der Waals surface area contributed by atoms with Gasteiger partial charge in [-0.15, -0.1) is 0 Å². The van der Waals surface area contributed by atoms with Crippen molar-refractivity contribution in [2.45, 2.75) is 0 Å². The number of carbonyl (C=O) groups is 1. The largest absolute Gasteiger partial charge is 0.485 e. The van der Waals surface area contributed by atoms with Crippen molar-refractivity contribution in [1.82, 2.24) is 9.97 Å². The van der Waals surface area contributed by atoms with Crippen LogP contribution in [0.25, 0.3) is 22.2 Å². The number of H-pyrrole nitrogens is 1. The summed E-state index contributed by atoms with van der Waals surface area (Å²) >= 11 is 0. The van der Waals surface area contributed by atoms with E-state index < -0.39 is 0 Å². The summed E-state index contributed by atoms with van der Waals surface area (Å²) in [6.07, 6.45) is 3.31.